The van der Waals surface area contributed by atoms with Gasteiger partial charge in [-0.2, -0.15) is 10.5 Å². The Balaban J connectivity index is 4.06. The topological polar surface area (TPSA) is 170 Å². The van der Waals surface area contributed by atoms with Crippen molar-refractivity contribution in [2.24, 2.45) is 9.98 Å². The normalized spacial score (nSPS) is 11.2. The maximum Gasteiger partial charge on any atom is 0.208 e. The molecule has 0 amide bonds. The Labute approximate surface area is 109 Å². The molecule has 0 aromatic rings. The van der Waals surface area contributed by atoms with Crippen molar-refractivity contribution in [1.29, 1.82) is 10.5 Å². The number of aliphatic imine (C=N–C) groups is 2. The van der Waals surface area contributed by atoms with Gasteiger partial charge in [-0.1, -0.05) is 0 Å². The van der Waals surface area contributed by atoms with Gasteiger partial charge in [-0.15, -0.1) is 0 Å². The van der Waals surface area contributed by atoms with E-state index < -0.39 is 0 Å². The third-order valence-electron chi connectivity index (χ3n) is 1.47. The summed E-state index contributed by atoms with van der Waals surface area (Å²) in [6, 6.07) is 0. The lowest BCUT2D eigenvalue weighted by molar-refractivity contribution is 0.149. The zero-order valence-electron chi connectivity index (χ0n) is 9.92. The molecule has 0 heterocycles. The minimum Gasteiger partial charge on any atom is -0.376 e. The van der Waals surface area contributed by atoms with E-state index in [-0.39, 0.29) is 38.8 Å². The van der Waals surface area contributed by atoms with Crippen LogP contribution in [0.4, 0.5) is 0 Å². The maximum atomic E-state index is 8.58. The maximum absolute atomic E-state index is 8.58. The van der Waals surface area contributed by atoms with E-state index in [9.17, 15) is 0 Å². The van der Waals surface area contributed by atoms with Crippen molar-refractivity contribution in [3.8, 4) is 12.4 Å². The predicted molar refractivity (Wildman–Crippen MR) is 63.6 cm³/mol. The van der Waals surface area contributed by atoms with E-state index in [1.54, 1.807) is 12.4 Å². The number of aliphatic hydroxyl groups is 2. The van der Waals surface area contributed by atoms with Crippen LogP contribution in [0.15, 0.2) is 9.98 Å². The van der Waals surface area contributed by atoms with E-state index in [1.165, 1.54) is 0 Å². The van der Waals surface area contributed by atoms with Gasteiger partial charge in [0.05, 0.1) is 0 Å². The summed E-state index contributed by atoms with van der Waals surface area (Å²) >= 11 is 0. The number of nitrogens with one attached hydrogen (secondary N) is 4. The molecule has 11 heteroatoms. The summed E-state index contributed by atoms with van der Waals surface area (Å²) in [4.78, 5) is 7.51. The van der Waals surface area contributed by atoms with Crippen LogP contribution in [0.25, 0.3) is 0 Å². The van der Waals surface area contributed by atoms with Crippen LogP contribution in [0.2, 0.25) is 0 Å². The molecule has 0 saturated carbocycles. The van der Waals surface area contributed by atoms with Gasteiger partial charge in [0.15, 0.2) is 12.4 Å². The van der Waals surface area contributed by atoms with Gasteiger partial charge in [0, 0.05) is 0 Å². The molecule has 0 aromatic carbocycles. The second kappa shape index (κ2) is 11.9. The number of hydrogen-bond acceptors (Lipinski definition) is 7. The zero-order chi connectivity index (χ0) is 14.3. The second-order valence-corrected chi connectivity index (χ2v) is 2.62. The van der Waals surface area contributed by atoms with Crippen LogP contribution in [0, 0.1) is 22.9 Å². The quantitative estimate of drug-likeness (QED) is 0.0728. The summed E-state index contributed by atoms with van der Waals surface area (Å²) in [6.07, 6.45) is 3.25. The molecule has 19 heavy (non-hydrogen) atoms. The highest BCUT2D eigenvalue weighted by molar-refractivity contribution is 5.81. The van der Waals surface area contributed by atoms with Gasteiger partial charge in [0.2, 0.25) is 11.9 Å². The van der Waals surface area contributed by atoms with E-state index in [0.29, 0.717) is 0 Å². The number of hydrogen-bond donors (Lipinski definition) is 6. The third kappa shape index (κ3) is 9.13. The van der Waals surface area contributed by atoms with Gasteiger partial charge in [0.25, 0.3) is 0 Å². The Hall–Kier alpha value is -2.60. The Bertz CT molecular complexity index is 346. The highest BCUT2D eigenvalue weighted by Crippen LogP contribution is 1.80. The summed E-state index contributed by atoms with van der Waals surface area (Å²) in [5, 5.41) is 43.0. The lowest BCUT2D eigenvalue weighted by Gasteiger charge is -2.05. The summed E-state index contributed by atoms with van der Waals surface area (Å²) < 4.78 is 4.96. The molecule has 0 bridgehead atoms. The first-order valence-electron chi connectivity index (χ1n) is 4.94. The van der Waals surface area contributed by atoms with Crippen LogP contribution in [0.1, 0.15) is 0 Å². The fourth-order valence-electron chi connectivity index (χ4n) is 0.796. The third-order valence-corrected chi connectivity index (χ3v) is 1.47. The van der Waals surface area contributed by atoms with E-state index >= 15 is 0 Å². The molecule has 6 N–H and O–H groups in total. The summed E-state index contributed by atoms with van der Waals surface area (Å²) in [5.74, 6) is 0.107. The molecular weight excluding hydrogens is 256 g/mol. The van der Waals surface area contributed by atoms with Crippen molar-refractivity contribution >= 4 is 11.9 Å². The first-order chi connectivity index (χ1) is 9.28. The Kier molecular flexibility index (Phi) is 10.2. The average Bonchev–Trinajstić information content (AvgIpc) is 2.39. The molecule has 0 spiro atoms. The number of ether oxygens (including phenoxy) is 1. The summed E-state index contributed by atoms with van der Waals surface area (Å²) in [7, 11) is 0. The van der Waals surface area contributed by atoms with Gasteiger partial charge in [0.1, 0.15) is 26.9 Å². The van der Waals surface area contributed by atoms with Crippen molar-refractivity contribution in [3.63, 3.8) is 0 Å². The average molecular weight is 270 g/mol. The molecule has 0 radical (unpaired) electrons. The van der Waals surface area contributed by atoms with E-state index in [4.69, 9.17) is 25.5 Å². The zero-order valence-corrected chi connectivity index (χ0v) is 9.92. The minimum atomic E-state index is -0.387. The fraction of sp³-hybridized carbons (Fsp3) is 0.500. The lowest BCUT2D eigenvalue weighted by atomic mass is 10.8. The van der Waals surface area contributed by atoms with Crippen LogP contribution in [0.5, 0.6) is 0 Å². The second-order valence-electron chi connectivity index (χ2n) is 2.62. The van der Waals surface area contributed by atoms with Crippen molar-refractivity contribution in [2.45, 2.75) is 0 Å². The molecule has 0 unspecified atom stereocenters. The number of guanidine groups is 2. The van der Waals surface area contributed by atoms with Crippen molar-refractivity contribution in [1.82, 2.24) is 21.3 Å². The van der Waals surface area contributed by atoms with Gasteiger partial charge in [-0.3, -0.25) is 10.6 Å². The first kappa shape index (κ1) is 16.4. The highest BCUT2D eigenvalue weighted by Gasteiger charge is 1.96. The van der Waals surface area contributed by atoms with Gasteiger partial charge in [-0.05, 0) is 0 Å². The summed E-state index contributed by atoms with van der Waals surface area (Å²) in [6.45, 7) is -1.02. The SMILES string of the molecule is N#CN/C(=N\COC/N=C(\NC#N)NCO)NCO. The smallest absolute Gasteiger partial charge is 0.208 e. The number of aliphatic hydroxyl groups excluding tert-OH is 2. The Morgan fingerprint density at radius 1 is 0.947 bits per heavy atom. The highest BCUT2D eigenvalue weighted by atomic mass is 16.5. The molecule has 0 aliphatic rings. The molecule has 0 rings (SSSR count). The van der Waals surface area contributed by atoms with Gasteiger partial charge >= 0.3 is 0 Å². The first-order valence-corrected chi connectivity index (χ1v) is 4.94. The van der Waals surface area contributed by atoms with Crippen LogP contribution in [0.3, 0.4) is 0 Å². The standard InChI is InChI=1S/C8H14N8O3/c9-1-11-7(13-3-17)15-5-19-6-16-8(12-2-10)14-4-18/h17-18H,3-6H2,(H2,11,13,15)(H2,12,14,16). The van der Waals surface area contributed by atoms with Gasteiger partial charge in [-0.25, -0.2) is 9.98 Å². The lowest BCUT2D eigenvalue weighted by Crippen LogP contribution is -2.35. The number of rotatable bonds is 6. The molecule has 0 aromatic heterocycles. The molecule has 0 saturated heterocycles. The fourth-order valence-corrected chi connectivity index (χ4v) is 0.796. The van der Waals surface area contributed by atoms with Crippen LogP contribution >= 0.6 is 0 Å². The van der Waals surface area contributed by atoms with Crippen LogP contribution < -0.4 is 21.3 Å². The molecule has 0 aliphatic carbocycles. The molecule has 0 aliphatic heterocycles. The largest absolute Gasteiger partial charge is 0.376 e. The van der Waals surface area contributed by atoms with E-state index in [2.05, 4.69) is 31.3 Å². The predicted octanol–water partition coefficient (Wildman–Crippen LogP) is -3.15. The molecule has 0 atom stereocenters. The molecule has 0 fully saturated rings. The van der Waals surface area contributed by atoms with Crippen molar-refractivity contribution in [3.05, 3.63) is 0 Å². The molecular formula is C8H14N8O3. The Morgan fingerprint density at radius 3 is 1.68 bits per heavy atom. The minimum absolute atomic E-state index is 0.0536. The van der Waals surface area contributed by atoms with Gasteiger partial charge < -0.3 is 25.6 Å². The Morgan fingerprint density at radius 2 is 1.37 bits per heavy atom. The monoisotopic (exact) mass is 270 g/mol. The van der Waals surface area contributed by atoms with Crippen molar-refractivity contribution in [2.75, 3.05) is 26.9 Å². The number of nitrogens with zero attached hydrogens (tertiary/aromatic N) is 4. The van der Waals surface area contributed by atoms with Crippen LogP contribution in [-0.4, -0.2) is 49.1 Å². The van der Waals surface area contributed by atoms with E-state index in [1.807, 2.05) is 0 Å². The molecule has 11 nitrogen and oxygen atoms in total. The van der Waals surface area contributed by atoms with E-state index in [0.717, 1.165) is 0 Å². The van der Waals surface area contributed by atoms with Crippen LogP contribution in [-0.2, 0) is 4.74 Å². The van der Waals surface area contributed by atoms with Crippen molar-refractivity contribution < 1.29 is 14.9 Å². The summed E-state index contributed by atoms with van der Waals surface area (Å²) in [5.41, 5.74) is 0. The molecule has 104 valence electrons. The number of nitriles is 2.